The maximum atomic E-state index is 4.52. The van der Waals surface area contributed by atoms with Gasteiger partial charge >= 0.3 is 0 Å². The summed E-state index contributed by atoms with van der Waals surface area (Å²) in [5.41, 5.74) is 0.372. The van der Waals surface area contributed by atoms with E-state index in [4.69, 9.17) is 0 Å². The zero-order valence-corrected chi connectivity index (χ0v) is 13.9. The number of anilines is 1. The number of likely N-dealkylation sites (tertiary alicyclic amines) is 1. The minimum atomic E-state index is 0.372. The van der Waals surface area contributed by atoms with Crippen molar-refractivity contribution >= 4 is 5.82 Å². The summed E-state index contributed by atoms with van der Waals surface area (Å²) in [4.78, 5) is 14.1. The molecule has 0 N–H and O–H groups in total. The molecule has 0 atom stereocenters. The average Bonchev–Trinajstić information content (AvgIpc) is 3.17. The lowest BCUT2D eigenvalue weighted by molar-refractivity contribution is 0.0960. The zero-order valence-electron chi connectivity index (χ0n) is 13.9. The molecule has 2 aliphatic rings. The van der Waals surface area contributed by atoms with Gasteiger partial charge in [0.25, 0.3) is 0 Å². The van der Waals surface area contributed by atoms with E-state index in [1.54, 1.807) is 0 Å². The Morgan fingerprint density at radius 2 is 1.91 bits per heavy atom. The molecule has 0 aliphatic carbocycles. The molecule has 2 saturated heterocycles. The Labute approximate surface area is 138 Å². The van der Waals surface area contributed by atoms with E-state index in [2.05, 4.69) is 43.5 Å². The lowest BCUT2D eigenvalue weighted by Crippen LogP contribution is -2.52. The molecular formula is C18H25N5. The lowest BCUT2D eigenvalue weighted by Gasteiger charge is -2.45. The molecule has 0 unspecified atom stereocenters. The lowest BCUT2D eigenvalue weighted by atomic mass is 9.85. The van der Waals surface area contributed by atoms with Crippen LogP contribution in [0.4, 0.5) is 5.82 Å². The van der Waals surface area contributed by atoms with Gasteiger partial charge in [-0.3, -0.25) is 4.90 Å². The summed E-state index contributed by atoms with van der Waals surface area (Å²) in [6.45, 7) is 4.39. The maximum absolute atomic E-state index is 4.52. The molecule has 23 heavy (non-hydrogen) atoms. The van der Waals surface area contributed by atoms with Gasteiger partial charge in [-0.15, -0.1) is 0 Å². The smallest absolute Gasteiger partial charge is 0.128 e. The predicted molar refractivity (Wildman–Crippen MR) is 91.3 cm³/mol. The van der Waals surface area contributed by atoms with Crippen molar-refractivity contribution in [2.45, 2.75) is 37.8 Å². The molecule has 4 rings (SSSR count). The predicted octanol–water partition coefficient (Wildman–Crippen LogP) is 2.45. The molecule has 0 amide bonds. The highest BCUT2D eigenvalue weighted by molar-refractivity contribution is 5.38. The first kappa shape index (κ1) is 14.7. The first-order chi connectivity index (χ1) is 11.3. The summed E-state index contributed by atoms with van der Waals surface area (Å²) < 4.78 is 2.15. The van der Waals surface area contributed by atoms with Crippen LogP contribution in [0.25, 0.3) is 0 Å². The third kappa shape index (κ3) is 2.74. The molecule has 2 aromatic heterocycles. The highest BCUT2D eigenvalue weighted by Crippen LogP contribution is 2.39. The molecule has 2 aliphatic heterocycles. The fourth-order valence-electron chi connectivity index (χ4n) is 4.22. The van der Waals surface area contributed by atoms with Gasteiger partial charge in [-0.2, -0.15) is 0 Å². The van der Waals surface area contributed by atoms with E-state index >= 15 is 0 Å². The summed E-state index contributed by atoms with van der Waals surface area (Å²) >= 11 is 0. The van der Waals surface area contributed by atoms with Gasteiger partial charge in [0.1, 0.15) is 11.6 Å². The molecule has 0 radical (unpaired) electrons. The van der Waals surface area contributed by atoms with Crippen LogP contribution in [0.5, 0.6) is 0 Å². The second-order valence-electron chi connectivity index (χ2n) is 6.88. The molecule has 2 aromatic rings. The molecule has 1 spiro atoms. The maximum Gasteiger partial charge on any atom is 0.128 e. The van der Waals surface area contributed by atoms with Crippen LogP contribution in [0.15, 0.2) is 36.8 Å². The van der Waals surface area contributed by atoms with Gasteiger partial charge in [0.2, 0.25) is 0 Å². The van der Waals surface area contributed by atoms with Gasteiger partial charge in [-0.1, -0.05) is 6.07 Å². The highest BCUT2D eigenvalue weighted by Gasteiger charge is 2.43. The van der Waals surface area contributed by atoms with E-state index in [0.29, 0.717) is 5.54 Å². The van der Waals surface area contributed by atoms with E-state index in [1.807, 2.05) is 24.7 Å². The van der Waals surface area contributed by atoms with E-state index < -0.39 is 0 Å². The van der Waals surface area contributed by atoms with Crippen LogP contribution in [-0.2, 0) is 13.6 Å². The Hall–Kier alpha value is -1.88. The molecule has 5 nitrogen and oxygen atoms in total. The third-order valence-electron chi connectivity index (χ3n) is 5.66. The van der Waals surface area contributed by atoms with Crippen LogP contribution in [0.2, 0.25) is 0 Å². The Kier molecular flexibility index (Phi) is 3.81. The first-order valence-corrected chi connectivity index (χ1v) is 8.64. The number of imidazole rings is 1. The standard InChI is InChI=1S/C18H25N5/c1-21-14-10-20-17(21)15-23-11-4-6-18(23)7-12-22(13-8-18)16-5-2-3-9-19-16/h2-3,5,9-10,14H,4,6-8,11-13,15H2,1H3. The number of aryl methyl sites for hydroxylation is 1. The first-order valence-electron chi connectivity index (χ1n) is 8.64. The summed E-state index contributed by atoms with van der Waals surface area (Å²) in [7, 11) is 2.09. The van der Waals surface area contributed by atoms with Crippen molar-refractivity contribution in [2.24, 2.45) is 7.05 Å². The topological polar surface area (TPSA) is 37.2 Å². The van der Waals surface area contributed by atoms with Crippen LogP contribution in [0.3, 0.4) is 0 Å². The second kappa shape index (κ2) is 5.96. The van der Waals surface area contributed by atoms with Gasteiger partial charge < -0.3 is 9.47 Å². The fraction of sp³-hybridized carbons (Fsp3) is 0.556. The zero-order chi connectivity index (χ0) is 15.7. The summed E-state index contributed by atoms with van der Waals surface area (Å²) in [5.74, 6) is 2.30. The van der Waals surface area contributed by atoms with Crippen molar-refractivity contribution in [3.05, 3.63) is 42.6 Å². The number of pyridine rings is 1. The Morgan fingerprint density at radius 1 is 1.04 bits per heavy atom. The number of nitrogens with zero attached hydrogens (tertiary/aromatic N) is 5. The third-order valence-corrected chi connectivity index (χ3v) is 5.66. The number of piperidine rings is 1. The normalized spacial score (nSPS) is 21.2. The largest absolute Gasteiger partial charge is 0.356 e. The molecule has 0 aromatic carbocycles. The molecule has 5 heteroatoms. The highest BCUT2D eigenvalue weighted by atomic mass is 15.3. The Balaban J connectivity index is 1.45. The fourth-order valence-corrected chi connectivity index (χ4v) is 4.22. The van der Waals surface area contributed by atoms with Crippen molar-refractivity contribution in [3.8, 4) is 0 Å². The van der Waals surface area contributed by atoms with E-state index in [-0.39, 0.29) is 0 Å². The summed E-state index contributed by atoms with van der Waals surface area (Å²) in [6, 6.07) is 6.19. The van der Waals surface area contributed by atoms with E-state index in [1.165, 1.54) is 38.1 Å². The van der Waals surface area contributed by atoms with Crippen molar-refractivity contribution < 1.29 is 0 Å². The molecular weight excluding hydrogens is 286 g/mol. The summed E-state index contributed by atoms with van der Waals surface area (Å²) in [6.07, 6.45) is 10.9. The van der Waals surface area contributed by atoms with E-state index in [0.717, 1.165) is 25.5 Å². The molecule has 0 bridgehead atoms. The number of hydrogen-bond acceptors (Lipinski definition) is 4. The number of aromatic nitrogens is 3. The van der Waals surface area contributed by atoms with Gasteiger partial charge in [-0.25, -0.2) is 9.97 Å². The van der Waals surface area contributed by atoms with Crippen LogP contribution < -0.4 is 4.90 Å². The second-order valence-corrected chi connectivity index (χ2v) is 6.88. The van der Waals surface area contributed by atoms with Crippen molar-refractivity contribution in [2.75, 3.05) is 24.5 Å². The monoisotopic (exact) mass is 311 g/mol. The molecule has 2 fully saturated rings. The van der Waals surface area contributed by atoms with Crippen molar-refractivity contribution in [1.82, 2.24) is 19.4 Å². The van der Waals surface area contributed by atoms with Gasteiger partial charge in [-0.05, 0) is 44.4 Å². The van der Waals surface area contributed by atoms with Gasteiger partial charge in [0.15, 0.2) is 0 Å². The van der Waals surface area contributed by atoms with Gasteiger partial charge in [0.05, 0.1) is 6.54 Å². The van der Waals surface area contributed by atoms with Crippen LogP contribution >= 0.6 is 0 Å². The molecule has 0 saturated carbocycles. The quantitative estimate of drug-likeness (QED) is 0.872. The SMILES string of the molecule is Cn1ccnc1CN1CCCC12CCN(c1ccccn1)CC2. The van der Waals surface area contributed by atoms with Crippen LogP contribution in [0, 0.1) is 0 Å². The minimum Gasteiger partial charge on any atom is -0.356 e. The number of rotatable bonds is 3. The number of hydrogen-bond donors (Lipinski definition) is 0. The van der Waals surface area contributed by atoms with Gasteiger partial charge in [0, 0.05) is 44.3 Å². The average molecular weight is 311 g/mol. The van der Waals surface area contributed by atoms with E-state index in [9.17, 15) is 0 Å². The van der Waals surface area contributed by atoms with Crippen molar-refractivity contribution in [3.63, 3.8) is 0 Å². The van der Waals surface area contributed by atoms with Crippen LogP contribution in [-0.4, -0.2) is 44.6 Å². The minimum absolute atomic E-state index is 0.372. The van der Waals surface area contributed by atoms with Crippen molar-refractivity contribution in [1.29, 1.82) is 0 Å². The Morgan fingerprint density at radius 3 is 2.61 bits per heavy atom. The molecule has 4 heterocycles. The van der Waals surface area contributed by atoms with Crippen LogP contribution in [0.1, 0.15) is 31.5 Å². The Bertz CT molecular complexity index is 642. The summed E-state index contributed by atoms with van der Waals surface area (Å²) in [5, 5.41) is 0. The molecule has 122 valence electrons.